The lowest BCUT2D eigenvalue weighted by atomic mass is 9.83. The topological polar surface area (TPSA) is 4.41 Å². The molecule has 0 aliphatic heterocycles. The maximum absolute atomic E-state index is 2.44. The highest BCUT2D eigenvalue weighted by atomic mass is 14.9. The highest BCUT2D eigenvalue weighted by molar-refractivity contribution is 6.24. The van der Waals surface area contributed by atoms with Crippen LogP contribution in [0.25, 0.3) is 71.5 Å². The Morgan fingerprint density at radius 1 is 0.280 bits per heavy atom. The zero-order valence-electron chi connectivity index (χ0n) is 27.5. The summed E-state index contributed by atoms with van der Waals surface area (Å²) in [6.07, 6.45) is 0. The second kappa shape index (κ2) is 11.6. The van der Waals surface area contributed by atoms with Crippen LogP contribution in [-0.2, 0) is 0 Å². The molecule has 0 radical (unpaired) electrons. The first kappa shape index (κ1) is 28.6. The minimum atomic E-state index is 0.101. The van der Waals surface area contributed by atoms with E-state index in [9.17, 15) is 0 Å². The van der Waals surface area contributed by atoms with Crippen molar-refractivity contribution in [3.05, 3.63) is 211 Å². The first-order valence-corrected chi connectivity index (χ1v) is 17.4. The van der Waals surface area contributed by atoms with Crippen molar-refractivity contribution in [2.75, 3.05) is 0 Å². The van der Waals surface area contributed by atoms with Crippen molar-refractivity contribution in [1.82, 2.24) is 4.40 Å². The average Bonchev–Trinajstić information content (AvgIpc) is 3.71. The lowest BCUT2D eigenvalue weighted by Crippen LogP contribution is -2.03. The van der Waals surface area contributed by atoms with E-state index in [1.807, 2.05) is 0 Å². The number of benzene rings is 8. The van der Waals surface area contributed by atoms with Gasteiger partial charge in [0, 0.05) is 27.5 Å². The fraction of sp³-hybridized carbons (Fsp3) is 0.0204. The molecule has 0 aliphatic rings. The Hall–Kier alpha value is -6.44. The van der Waals surface area contributed by atoms with Gasteiger partial charge in [-0.1, -0.05) is 170 Å². The summed E-state index contributed by atoms with van der Waals surface area (Å²) in [4.78, 5) is 0. The van der Waals surface area contributed by atoms with Crippen LogP contribution in [0.5, 0.6) is 0 Å². The number of para-hydroxylation sites is 2. The molecule has 0 amide bonds. The molecule has 0 saturated carbocycles. The Labute approximate surface area is 291 Å². The summed E-state index contributed by atoms with van der Waals surface area (Å²) in [7, 11) is 0. The van der Waals surface area contributed by atoms with Gasteiger partial charge in [0.1, 0.15) is 0 Å². The normalized spacial score (nSPS) is 11.8. The molecule has 0 bridgehead atoms. The van der Waals surface area contributed by atoms with Gasteiger partial charge >= 0.3 is 0 Å². The van der Waals surface area contributed by atoms with Crippen molar-refractivity contribution in [2.24, 2.45) is 0 Å². The largest absolute Gasteiger partial charge is 0.308 e. The van der Waals surface area contributed by atoms with Crippen LogP contribution in [0, 0.1) is 0 Å². The molecule has 0 atom stereocenters. The molecule has 0 spiro atoms. The molecule has 234 valence electrons. The van der Waals surface area contributed by atoms with Gasteiger partial charge in [0.15, 0.2) is 0 Å². The van der Waals surface area contributed by atoms with E-state index in [1.54, 1.807) is 0 Å². The van der Waals surface area contributed by atoms with Crippen LogP contribution in [0.4, 0.5) is 0 Å². The minimum absolute atomic E-state index is 0.101. The number of hydrogen-bond acceptors (Lipinski definition) is 0. The van der Waals surface area contributed by atoms with E-state index in [1.165, 1.54) is 88.2 Å². The van der Waals surface area contributed by atoms with Gasteiger partial charge in [-0.3, -0.25) is 0 Å². The van der Waals surface area contributed by atoms with Gasteiger partial charge in [-0.15, -0.1) is 0 Å². The van der Waals surface area contributed by atoms with Gasteiger partial charge in [-0.25, -0.2) is 0 Å². The number of nitrogens with zero attached hydrogens (tertiary/aromatic N) is 1. The second-order valence-electron chi connectivity index (χ2n) is 13.3. The van der Waals surface area contributed by atoms with Crippen molar-refractivity contribution in [3.8, 4) is 33.4 Å². The molecule has 50 heavy (non-hydrogen) atoms. The number of aromatic nitrogens is 1. The Bertz CT molecular complexity index is 2590. The molecule has 0 unspecified atom stereocenters. The predicted molar refractivity (Wildman–Crippen MR) is 211 cm³/mol. The van der Waals surface area contributed by atoms with Gasteiger partial charge in [-0.2, -0.15) is 0 Å². The Balaban J connectivity index is 1.08. The number of rotatable bonds is 6. The Morgan fingerprint density at radius 3 is 1.04 bits per heavy atom. The van der Waals surface area contributed by atoms with Crippen LogP contribution in [0.1, 0.15) is 22.6 Å². The van der Waals surface area contributed by atoms with Crippen molar-refractivity contribution >= 4 is 38.1 Å². The summed E-state index contributed by atoms with van der Waals surface area (Å²) in [6.45, 7) is 0. The van der Waals surface area contributed by atoms with Crippen LogP contribution in [0.3, 0.4) is 0 Å². The zero-order chi connectivity index (χ0) is 33.0. The quantitative estimate of drug-likeness (QED) is 0.160. The van der Waals surface area contributed by atoms with E-state index >= 15 is 0 Å². The zero-order valence-corrected chi connectivity index (χ0v) is 27.5. The third kappa shape index (κ3) is 4.63. The van der Waals surface area contributed by atoms with Crippen molar-refractivity contribution in [1.29, 1.82) is 0 Å². The van der Waals surface area contributed by atoms with Crippen LogP contribution in [0.2, 0.25) is 0 Å². The third-order valence-corrected chi connectivity index (χ3v) is 10.5. The van der Waals surface area contributed by atoms with Crippen LogP contribution < -0.4 is 0 Å². The Kier molecular flexibility index (Phi) is 6.63. The molecule has 2 aromatic heterocycles. The highest BCUT2D eigenvalue weighted by Gasteiger charge is 2.20. The van der Waals surface area contributed by atoms with Crippen molar-refractivity contribution < 1.29 is 0 Å². The third-order valence-electron chi connectivity index (χ3n) is 10.5. The lowest BCUT2D eigenvalue weighted by molar-refractivity contribution is 0.978. The molecule has 1 nitrogen and oxygen atoms in total. The monoisotopic (exact) mass is 635 g/mol. The standard InChI is InChI=1S/C49H33N/c1-3-11-33(12-4-1)35-19-25-38(26-20-35)48(39-27-21-36(22-28-39)34-13-5-2-6-14-34)40-29-23-37(24-30-40)41-31-44-42-15-7-9-17-46(42)50-47-18-10-8-16-43(47)45(32-41)49(44)50/h1-32,48H. The van der Waals surface area contributed by atoms with E-state index in [-0.39, 0.29) is 5.92 Å². The van der Waals surface area contributed by atoms with Crippen LogP contribution in [-0.4, -0.2) is 4.40 Å². The molecule has 10 rings (SSSR count). The summed E-state index contributed by atoms with van der Waals surface area (Å²) >= 11 is 0. The van der Waals surface area contributed by atoms with Crippen molar-refractivity contribution in [3.63, 3.8) is 0 Å². The van der Waals surface area contributed by atoms with E-state index in [0.717, 1.165) is 0 Å². The van der Waals surface area contributed by atoms with Gasteiger partial charge in [0.05, 0.1) is 16.6 Å². The summed E-state index contributed by atoms with van der Waals surface area (Å²) in [6, 6.07) is 71.2. The predicted octanol–water partition coefficient (Wildman–Crippen LogP) is 13.0. The molecule has 0 fully saturated rings. The van der Waals surface area contributed by atoms with E-state index in [0.29, 0.717) is 0 Å². The fourth-order valence-corrected chi connectivity index (χ4v) is 8.06. The van der Waals surface area contributed by atoms with Gasteiger partial charge in [0.25, 0.3) is 0 Å². The summed E-state index contributed by atoms with van der Waals surface area (Å²) in [5.74, 6) is 0.101. The molecule has 0 aliphatic carbocycles. The number of fused-ring (bicyclic) bond motifs is 6. The van der Waals surface area contributed by atoms with Crippen LogP contribution >= 0.6 is 0 Å². The van der Waals surface area contributed by atoms with Gasteiger partial charge in [-0.05, 0) is 74.3 Å². The summed E-state index contributed by atoms with van der Waals surface area (Å²) in [5.41, 5.74) is 15.1. The molecule has 0 N–H and O–H groups in total. The molecule has 8 aromatic carbocycles. The van der Waals surface area contributed by atoms with E-state index in [4.69, 9.17) is 0 Å². The van der Waals surface area contributed by atoms with Gasteiger partial charge < -0.3 is 4.40 Å². The molecule has 2 heterocycles. The first-order chi connectivity index (χ1) is 24.8. The smallest absolute Gasteiger partial charge is 0.0620 e. The average molecular weight is 636 g/mol. The van der Waals surface area contributed by atoms with E-state index < -0.39 is 0 Å². The number of hydrogen-bond donors (Lipinski definition) is 0. The molecular weight excluding hydrogens is 603 g/mol. The van der Waals surface area contributed by atoms with Crippen molar-refractivity contribution in [2.45, 2.75) is 5.92 Å². The summed E-state index contributed by atoms with van der Waals surface area (Å²) < 4.78 is 2.44. The Morgan fingerprint density at radius 2 is 0.620 bits per heavy atom. The second-order valence-corrected chi connectivity index (χ2v) is 13.3. The molecular formula is C49H33N. The maximum atomic E-state index is 2.44. The maximum Gasteiger partial charge on any atom is 0.0620 e. The molecule has 10 aromatic rings. The fourth-order valence-electron chi connectivity index (χ4n) is 8.06. The van der Waals surface area contributed by atoms with Gasteiger partial charge in [0.2, 0.25) is 0 Å². The molecule has 1 heteroatoms. The summed E-state index contributed by atoms with van der Waals surface area (Å²) in [5, 5.41) is 5.22. The van der Waals surface area contributed by atoms with Crippen LogP contribution in [0.15, 0.2) is 194 Å². The lowest BCUT2D eigenvalue weighted by Gasteiger charge is -2.20. The van der Waals surface area contributed by atoms with E-state index in [2.05, 4.69) is 199 Å². The SMILES string of the molecule is c1ccc(-c2ccc(C(c3ccc(-c4ccccc4)cc3)c3ccc(-c4cc5c6ccccc6n6c7ccccc7c(c4)c56)cc3)cc2)cc1. The highest BCUT2D eigenvalue weighted by Crippen LogP contribution is 2.42. The molecule has 0 saturated heterocycles. The minimum Gasteiger partial charge on any atom is -0.308 e. The first-order valence-electron chi connectivity index (χ1n) is 17.4.